The minimum atomic E-state index is -0.630. The van der Waals surface area contributed by atoms with Crippen molar-refractivity contribution < 1.29 is 23.9 Å². The maximum Gasteiger partial charge on any atom is 0.274 e. The summed E-state index contributed by atoms with van der Waals surface area (Å²) in [5.41, 5.74) is 2.92. The zero-order chi connectivity index (χ0) is 27.4. The van der Waals surface area contributed by atoms with Crippen LogP contribution in [-0.4, -0.2) is 21.2 Å². The van der Waals surface area contributed by atoms with Crippen LogP contribution in [0.3, 0.4) is 0 Å². The van der Waals surface area contributed by atoms with Gasteiger partial charge in [-0.3, -0.25) is 15.0 Å². The Bertz CT molecular complexity index is 1760. The molecular formula is C29H20FN4O3S2+. The van der Waals surface area contributed by atoms with Crippen molar-refractivity contribution in [2.75, 3.05) is 5.32 Å². The third-order valence-electron chi connectivity index (χ3n) is 5.65. The fourth-order valence-electron chi connectivity index (χ4n) is 3.85. The number of aromatic nitrogens is 2. The van der Waals surface area contributed by atoms with Crippen molar-refractivity contribution >= 4 is 50.5 Å². The largest absolute Gasteiger partial charge is 0.453 e. The molecule has 0 atom stereocenters. The van der Waals surface area contributed by atoms with Crippen molar-refractivity contribution in [2.24, 2.45) is 0 Å². The zero-order valence-corrected chi connectivity index (χ0v) is 21.9. The Kier molecular flexibility index (Phi) is 7.45. The second-order valence-electron chi connectivity index (χ2n) is 8.29. The molecular weight excluding hydrogens is 535 g/mol. The number of rotatable bonds is 6. The highest BCUT2D eigenvalue weighted by Crippen LogP contribution is 2.38. The molecule has 0 spiro atoms. The molecule has 2 aromatic carbocycles. The van der Waals surface area contributed by atoms with Crippen LogP contribution in [0, 0.1) is 18.2 Å². The van der Waals surface area contributed by atoms with E-state index >= 15 is 0 Å². The van der Waals surface area contributed by atoms with Crippen LogP contribution in [-0.2, 0) is 11.2 Å². The van der Waals surface area contributed by atoms with Crippen LogP contribution in [0.5, 0.6) is 11.5 Å². The lowest BCUT2D eigenvalue weighted by molar-refractivity contribution is -0.896. The number of halogens is 1. The number of pyridine rings is 2. The number of nitrogens with zero attached hydrogens (tertiary/aromatic N) is 2. The highest BCUT2D eigenvalue weighted by molar-refractivity contribution is 7.80. The molecule has 192 valence electrons. The molecule has 7 nitrogen and oxygen atoms in total. The van der Waals surface area contributed by atoms with Crippen molar-refractivity contribution in [2.45, 2.75) is 6.42 Å². The van der Waals surface area contributed by atoms with Gasteiger partial charge < -0.3 is 15.4 Å². The van der Waals surface area contributed by atoms with Gasteiger partial charge in [0.1, 0.15) is 10.6 Å². The summed E-state index contributed by atoms with van der Waals surface area (Å²) < 4.78 is 22.6. The number of hydrogen-bond donors (Lipinski definition) is 3. The summed E-state index contributed by atoms with van der Waals surface area (Å²) in [7, 11) is 0. The first-order valence-corrected chi connectivity index (χ1v) is 12.9. The number of carbonyl (C=O) groups excluding carboxylic acids is 1. The number of nitrogens with one attached hydrogen (secondary N) is 2. The Labute approximate surface area is 232 Å². The minimum absolute atomic E-state index is 0.000721. The number of thiocarbonyl (C=S) groups is 1. The fourth-order valence-corrected chi connectivity index (χ4v) is 5.17. The molecule has 0 bridgehead atoms. The highest BCUT2D eigenvalue weighted by Gasteiger charge is 2.18. The predicted octanol–water partition coefficient (Wildman–Crippen LogP) is 5.46. The van der Waals surface area contributed by atoms with Crippen LogP contribution >= 0.6 is 23.6 Å². The molecule has 0 aliphatic heterocycles. The topological polar surface area (TPSA) is 87.4 Å². The summed E-state index contributed by atoms with van der Waals surface area (Å²) in [4.78, 5) is 17.5. The summed E-state index contributed by atoms with van der Waals surface area (Å²) in [6.45, 7) is 0. The van der Waals surface area contributed by atoms with Gasteiger partial charge in [-0.2, -0.15) is 0 Å². The molecule has 0 saturated heterocycles. The Hall–Kier alpha value is -4.85. The van der Waals surface area contributed by atoms with E-state index in [9.17, 15) is 14.4 Å². The molecule has 0 aliphatic rings. The van der Waals surface area contributed by atoms with Gasteiger partial charge in [0.05, 0.1) is 16.6 Å². The van der Waals surface area contributed by atoms with Crippen molar-refractivity contribution in [1.82, 2.24) is 10.3 Å². The number of fused-ring (bicyclic) bond motifs is 1. The number of terminal acetylenes is 1. The van der Waals surface area contributed by atoms with E-state index in [2.05, 4.69) is 21.5 Å². The zero-order valence-electron chi connectivity index (χ0n) is 20.2. The van der Waals surface area contributed by atoms with E-state index in [1.165, 1.54) is 29.7 Å². The smallest absolute Gasteiger partial charge is 0.274 e. The summed E-state index contributed by atoms with van der Waals surface area (Å²) >= 11 is 6.58. The SMILES string of the molecule is C#Cc1ccccc1CC(=O)NC(=S)Nc1ccc(Oc2ccnc3cc(-c4cccc[n+]4O)sc23)c(F)c1. The van der Waals surface area contributed by atoms with Gasteiger partial charge in [-0.1, -0.05) is 24.1 Å². The average Bonchev–Trinajstić information content (AvgIpc) is 3.36. The first-order chi connectivity index (χ1) is 18.9. The summed E-state index contributed by atoms with van der Waals surface area (Å²) in [6, 6.07) is 20.2. The van der Waals surface area contributed by atoms with Gasteiger partial charge in [0.2, 0.25) is 12.1 Å². The number of amides is 1. The fraction of sp³-hybridized carbons (Fsp3) is 0.0345. The molecule has 3 aromatic heterocycles. The quantitative estimate of drug-likeness (QED) is 0.112. The second-order valence-corrected chi connectivity index (χ2v) is 9.75. The van der Waals surface area contributed by atoms with Gasteiger partial charge in [0.15, 0.2) is 16.7 Å². The molecule has 0 saturated carbocycles. The summed E-state index contributed by atoms with van der Waals surface area (Å²) in [5.74, 6) is 1.99. The van der Waals surface area contributed by atoms with Gasteiger partial charge in [0, 0.05) is 46.4 Å². The lowest BCUT2D eigenvalue weighted by Crippen LogP contribution is -2.35. The highest BCUT2D eigenvalue weighted by atomic mass is 32.1. The Morgan fingerprint density at radius 1 is 1.13 bits per heavy atom. The van der Waals surface area contributed by atoms with E-state index in [-0.39, 0.29) is 23.2 Å². The van der Waals surface area contributed by atoms with Crippen LogP contribution < -0.4 is 20.1 Å². The van der Waals surface area contributed by atoms with E-state index in [0.717, 1.165) is 9.61 Å². The Morgan fingerprint density at radius 3 is 2.74 bits per heavy atom. The van der Waals surface area contributed by atoms with E-state index in [0.29, 0.717) is 38.5 Å². The van der Waals surface area contributed by atoms with Crippen molar-refractivity contribution in [3.05, 3.63) is 102 Å². The summed E-state index contributed by atoms with van der Waals surface area (Å²) in [6.07, 6.45) is 8.64. The van der Waals surface area contributed by atoms with Crippen molar-refractivity contribution in [3.8, 4) is 34.4 Å². The first kappa shape index (κ1) is 25.8. The number of anilines is 1. The van der Waals surface area contributed by atoms with Crippen LogP contribution in [0.25, 0.3) is 20.8 Å². The van der Waals surface area contributed by atoms with Crippen molar-refractivity contribution in [3.63, 3.8) is 0 Å². The monoisotopic (exact) mass is 555 g/mol. The lowest BCUT2D eigenvalue weighted by atomic mass is 10.1. The van der Waals surface area contributed by atoms with Gasteiger partial charge >= 0.3 is 0 Å². The van der Waals surface area contributed by atoms with E-state index in [4.69, 9.17) is 23.4 Å². The van der Waals surface area contributed by atoms with E-state index in [1.54, 1.807) is 54.7 Å². The normalized spacial score (nSPS) is 10.6. The Balaban J connectivity index is 1.27. The lowest BCUT2D eigenvalue weighted by Gasteiger charge is -2.12. The van der Waals surface area contributed by atoms with Gasteiger partial charge in [-0.15, -0.1) is 17.8 Å². The molecule has 5 rings (SSSR count). The predicted molar refractivity (Wildman–Crippen MR) is 151 cm³/mol. The standard InChI is InChI=1S/C29H19FN4O3S2/c1-2-18-7-3-4-8-19(18)15-27(35)33-29(38)32-20-10-11-24(21(30)16-20)37-25-12-13-31-22-17-26(39-28(22)25)23-9-5-6-14-34(23)36/h1,3-14,16-17H,15H2,(H2-,31,32,33,35,36,38)/p+1. The number of hydrogen-bond acceptors (Lipinski definition) is 6. The maximum absolute atomic E-state index is 15.0. The Morgan fingerprint density at radius 2 is 1.95 bits per heavy atom. The van der Waals surface area contributed by atoms with Crippen molar-refractivity contribution in [1.29, 1.82) is 0 Å². The molecule has 3 N–H and O–H groups in total. The van der Waals surface area contributed by atoms with Crippen LogP contribution in [0.15, 0.2) is 85.2 Å². The molecule has 1 amide bonds. The van der Waals surface area contributed by atoms with Crippen LogP contribution in [0.4, 0.5) is 10.1 Å². The average molecular weight is 556 g/mol. The molecule has 5 aromatic rings. The molecule has 0 aliphatic carbocycles. The molecule has 10 heteroatoms. The molecule has 0 unspecified atom stereocenters. The van der Waals surface area contributed by atoms with E-state index < -0.39 is 5.82 Å². The second kappa shape index (κ2) is 11.3. The molecule has 0 fully saturated rings. The van der Waals surface area contributed by atoms with Gasteiger partial charge in [0.25, 0.3) is 5.69 Å². The maximum atomic E-state index is 15.0. The van der Waals surface area contributed by atoms with Crippen LogP contribution in [0.1, 0.15) is 11.1 Å². The number of carbonyl (C=O) groups is 1. The molecule has 3 heterocycles. The molecule has 39 heavy (non-hydrogen) atoms. The first-order valence-electron chi connectivity index (χ1n) is 11.6. The number of benzene rings is 2. The van der Waals surface area contributed by atoms with Crippen LogP contribution in [0.2, 0.25) is 0 Å². The number of ether oxygens (including phenoxy) is 1. The third-order valence-corrected chi connectivity index (χ3v) is 7.02. The number of thiophene rings is 1. The van der Waals surface area contributed by atoms with Gasteiger partial charge in [-0.05, 0) is 48.1 Å². The third kappa shape index (κ3) is 5.85. The summed E-state index contributed by atoms with van der Waals surface area (Å²) in [5, 5.41) is 15.5. The molecule has 0 radical (unpaired) electrons. The van der Waals surface area contributed by atoms with E-state index in [1.807, 2.05) is 12.1 Å². The minimum Gasteiger partial charge on any atom is -0.453 e. The van der Waals surface area contributed by atoms with Gasteiger partial charge in [-0.25, -0.2) is 4.39 Å².